The van der Waals surface area contributed by atoms with Gasteiger partial charge in [-0.1, -0.05) is 33.1 Å². The number of aromatic nitrogens is 4. The molecular formula is C16H27N5O2. The number of hydrogen-bond donors (Lipinski definition) is 1. The zero-order chi connectivity index (χ0) is 16.4. The molecule has 7 nitrogen and oxygen atoms in total. The molecule has 23 heavy (non-hydrogen) atoms. The number of aliphatic hydroxyl groups is 1. The minimum absolute atomic E-state index is 0.0827. The van der Waals surface area contributed by atoms with Gasteiger partial charge in [0.15, 0.2) is 0 Å². The van der Waals surface area contributed by atoms with Crippen molar-refractivity contribution in [1.29, 1.82) is 0 Å². The second-order valence-corrected chi connectivity index (χ2v) is 7.20. The second kappa shape index (κ2) is 6.55. The van der Waals surface area contributed by atoms with E-state index in [1.165, 1.54) is 6.33 Å². The molecule has 1 aromatic heterocycles. The summed E-state index contributed by atoms with van der Waals surface area (Å²) in [5.41, 5.74) is -0.560. The Kier molecular flexibility index (Phi) is 4.66. The van der Waals surface area contributed by atoms with E-state index in [1.807, 2.05) is 4.90 Å². The van der Waals surface area contributed by atoms with Gasteiger partial charge in [0, 0.05) is 19.0 Å². The average molecular weight is 321 g/mol. The van der Waals surface area contributed by atoms with Crippen LogP contribution in [0, 0.1) is 11.8 Å². The Morgan fingerprint density at radius 2 is 2.26 bits per heavy atom. The van der Waals surface area contributed by atoms with Crippen molar-refractivity contribution in [2.24, 2.45) is 11.8 Å². The van der Waals surface area contributed by atoms with E-state index >= 15 is 0 Å². The molecule has 1 aromatic rings. The summed E-state index contributed by atoms with van der Waals surface area (Å²) in [5, 5.41) is 22.1. The predicted octanol–water partition coefficient (Wildman–Crippen LogP) is 1.41. The lowest BCUT2D eigenvalue weighted by molar-refractivity contribution is -0.148. The van der Waals surface area contributed by atoms with Crippen molar-refractivity contribution in [1.82, 2.24) is 25.1 Å². The summed E-state index contributed by atoms with van der Waals surface area (Å²) in [6.45, 7) is 5.42. The van der Waals surface area contributed by atoms with E-state index in [2.05, 4.69) is 29.4 Å². The van der Waals surface area contributed by atoms with Gasteiger partial charge < -0.3 is 10.0 Å². The Balaban J connectivity index is 1.76. The molecule has 1 saturated heterocycles. The van der Waals surface area contributed by atoms with Gasteiger partial charge in [0.1, 0.15) is 12.4 Å². The summed E-state index contributed by atoms with van der Waals surface area (Å²) < 4.78 is 1.58. The van der Waals surface area contributed by atoms with Crippen molar-refractivity contribution in [3.05, 3.63) is 6.33 Å². The van der Waals surface area contributed by atoms with Crippen molar-refractivity contribution in [3.63, 3.8) is 0 Å². The number of rotatable bonds is 4. The molecule has 2 aliphatic rings. The SMILES string of the molecule is CC[C@H](C)[C@@H](C(=O)N1CCC2(O)CCCCC2C1)n1cnnn1. The third kappa shape index (κ3) is 3.11. The van der Waals surface area contributed by atoms with E-state index in [9.17, 15) is 9.90 Å². The highest BCUT2D eigenvalue weighted by Gasteiger charge is 2.45. The predicted molar refractivity (Wildman–Crippen MR) is 84.4 cm³/mol. The number of carbonyl (C=O) groups excluding carboxylic acids is 1. The summed E-state index contributed by atoms with van der Waals surface area (Å²) >= 11 is 0. The maximum absolute atomic E-state index is 13.1. The van der Waals surface area contributed by atoms with Gasteiger partial charge in [-0.15, -0.1) is 5.10 Å². The minimum Gasteiger partial charge on any atom is -0.389 e. The van der Waals surface area contributed by atoms with E-state index in [-0.39, 0.29) is 23.8 Å². The van der Waals surface area contributed by atoms with Crippen LogP contribution in [-0.4, -0.2) is 54.8 Å². The number of piperidine rings is 1. The van der Waals surface area contributed by atoms with Gasteiger partial charge in [-0.3, -0.25) is 4.79 Å². The van der Waals surface area contributed by atoms with Crippen molar-refractivity contribution >= 4 is 5.91 Å². The van der Waals surface area contributed by atoms with E-state index in [4.69, 9.17) is 0 Å². The first-order valence-corrected chi connectivity index (χ1v) is 8.79. The first-order chi connectivity index (χ1) is 11.0. The van der Waals surface area contributed by atoms with E-state index in [0.29, 0.717) is 19.5 Å². The zero-order valence-electron chi connectivity index (χ0n) is 14.1. The zero-order valence-corrected chi connectivity index (χ0v) is 14.1. The molecule has 128 valence electrons. The molecule has 3 rings (SSSR count). The molecule has 1 aliphatic carbocycles. The van der Waals surface area contributed by atoms with E-state index in [0.717, 1.165) is 32.1 Å². The highest BCUT2D eigenvalue weighted by atomic mass is 16.3. The lowest BCUT2D eigenvalue weighted by atomic mass is 9.71. The molecule has 1 saturated carbocycles. The average Bonchev–Trinajstić information content (AvgIpc) is 3.07. The van der Waals surface area contributed by atoms with Crippen molar-refractivity contribution < 1.29 is 9.90 Å². The summed E-state index contributed by atoms with van der Waals surface area (Å²) in [6, 6.07) is -0.357. The minimum atomic E-state index is -0.560. The van der Waals surface area contributed by atoms with Crippen LogP contribution in [0.2, 0.25) is 0 Å². The van der Waals surface area contributed by atoms with Crippen molar-refractivity contribution in [2.75, 3.05) is 13.1 Å². The van der Waals surface area contributed by atoms with Crippen LogP contribution < -0.4 is 0 Å². The molecule has 0 aromatic carbocycles. The summed E-state index contributed by atoms with van der Waals surface area (Å²) in [5.74, 6) is 0.456. The second-order valence-electron chi connectivity index (χ2n) is 7.20. The molecule has 1 N–H and O–H groups in total. The molecule has 2 unspecified atom stereocenters. The summed E-state index contributed by atoms with van der Waals surface area (Å²) in [7, 11) is 0. The third-order valence-corrected chi connectivity index (χ3v) is 5.83. The number of carbonyl (C=O) groups is 1. The van der Waals surface area contributed by atoms with Crippen LogP contribution in [0.4, 0.5) is 0 Å². The largest absolute Gasteiger partial charge is 0.389 e. The maximum atomic E-state index is 13.1. The number of nitrogens with zero attached hydrogens (tertiary/aromatic N) is 5. The van der Waals surface area contributed by atoms with Gasteiger partial charge in [0.05, 0.1) is 5.60 Å². The van der Waals surface area contributed by atoms with Gasteiger partial charge in [0.25, 0.3) is 0 Å². The monoisotopic (exact) mass is 321 g/mol. The molecule has 0 radical (unpaired) electrons. The van der Waals surface area contributed by atoms with Crippen LogP contribution in [0.3, 0.4) is 0 Å². The van der Waals surface area contributed by atoms with Gasteiger partial charge in [-0.2, -0.15) is 0 Å². The molecule has 2 heterocycles. The molecule has 4 atom stereocenters. The lowest BCUT2D eigenvalue weighted by Crippen LogP contribution is -2.56. The highest BCUT2D eigenvalue weighted by molar-refractivity contribution is 5.80. The van der Waals surface area contributed by atoms with Crippen LogP contribution in [0.5, 0.6) is 0 Å². The third-order valence-electron chi connectivity index (χ3n) is 5.83. The number of hydrogen-bond acceptors (Lipinski definition) is 5. The quantitative estimate of drug-likeness (QED) is 0.906. The molecule has 0 bridgehead atoms. The standard InChI is InChI=1S/C16H27N5O2/c1-3-12(2)14(21-11-17-18-19-21)15(22)20-9-8-16(23)7-5-4-6-13(16)10-20/h11-14,23H,3-10H2,1-2H3/t12-,13?,14-,16?/m0/s1. The Hall–Kier alpha value is -1.50. The highest BCUT2D eigenvalue weighted by Crippen LogP contribution is 2.40. The first-order valence-electron chi connectivity index (χ1n) is 8.79. The molecule has 0 spiro atoms. The smallest absolute Gasteiger partial charge is 0.247 e. The normalized spacial score (nSPS) is 30.6. The van der Waals surface area contributed by atoms with E-state index in [1.54, 1.807) is 4.68 Å². The van der Waals surface area contributed by atoms with Crippen LogP contribution in [0.1, 0.15) is 58.4 Å². The fourth-order valence-corrected chi connectivity index (χ4v) is 4.09. The fourth-order valence-electron chi connectivity index (χ4n) is 4.09. The number of fused-ring (bicyclic) bond motifs is 1. The molecule has 7 heteroatoms. The van der Waals surface area contributed by atoms with E-state index < -0.39 is 5.60 Å². The van der Waals surface area contributed by atoms with Gasteiger partial charge in [0.2, 0.25) is 5.91 Å². The van der Waals surface area contributed by atoms with Crippen LogP contribution >= 0.6 is 0 Å². The topological polar surface area (TPSA) is 84.1 Å². The number of likely N-dealkylation sites (tertiary alicyclic amines) is 1. The Labute approximate surface area is 137 Å². The number of amides is 1. The molecule has 2 fully saturated rings. The van der Waals surface area contributed by atoms with Crippen LogP contribution in [-0.2, 0) is 4.79 Å². The van der Waals surface area contributed by atoms with Crippen molar-refractivity contribution in [3.8, 4) is 0 Å². The van der Waals surface area contributed by atoms with Crippen molar-refractivity contribution in [2.45, 2.75) is 64.0 Å². The molecule has 1 aliphatic heterocycles. The Morgan fingerprint density at radius 3 is 2.96 bits per heavy atom. The lowest BCUT2D eigenvalue weighted by Gasteiger charge is -2.48. The van der Waals surface area contributed by atoms with Gasteiger partial charge in [-0.25, -0.2) is 4.68 Å². The van der Waals surface area contributed by atoms with Gasteiger partial charge in [-0.05, 0) is 35.6 Å². The van der Waals surface area contributed by atoms with Gasteiger partial charge >= 0.3 is 0 Å². The summed E-state index contributed by atoms with van der Waals surface area (Å²) in [4.78, 5) is 15.0. The Morgan fingerprint density at radius 1 is 1.43 bits per heavy atom. The maximum Gasteiger partial charge on any atom is 0.247 e. The van der Waals surface area contributed by atoms with Crippen LogP contribution in [0.25, 0.3) is 0 Å². The Bertz CT molecular complexity index is 535. The fraction of sp³-hybridized carbons (Fsp3) is 0.875. The molecular weight excluding hydrogens is 294 g/mol. The summed E-state index contributed by atoms with van der Waals surface area (Å²) in [6.07, 6.45) is 7.23. The van der Waals surface area contributed by atoms with Crippen LogP contribution in [0.15, 0.2) is 6.33 Å². The molecule has 1 amide bonds. The number of tetrazole rings is 1. The first kappa shape index (κ1) is 16.4.